The molecule has 6 heteroatoms. The third-order valence-electron chi connectivity index (χ3n) is 2.99. The minimum atomic E-state index is -1.34. The van der Waals surface area contributed by atoms with Crippen molar-refractivity contribution in [2.24, 2.45) is 0 Å². The number of benzene rings is 1. The van der Waals surface area contributed by atoms with Crippen LogP contribution < -0.4 is 5.32 Å². The molecular weight excluding hydrogens is 260 g/mol. The maximum absolute atomic E-state index is 11.8. The number of aromatic amines is 1. The number of esters is 1. The number of amides is 1. The van der Waals surface area contributed by atoms with Gasteiger partial charge in [-0.1, -0.05) is 18.2 Å². The summed E-state index contributed by atoms with van der Waals surface area (Å²) >= 11 is 0. The molecule has 1 heterocycles. The van der Waals surface area contributed by atoms with Gasteiger partial charge in [0.15, 0.2) is 6.10 Å². The molecular formula is C14H16N2O4. The summed E-state index contributed by atoms with van der Waals surface area (Å²) in [5.74, 6) is -1.03. The molecule has 0 aliphatic heterocycles. The van der Waals surface area contributed by atoms with E-state index in [1.807, 2.05) is 24.3 Å². The second-order valence-electron chi connectivity index (χ2n) is 4.38. The van der Waals surface area contributed by atoms with E-state index in [1.165, 1.54) is 7.11 Å². The van der Waals surface area contributed by atoms with Crippen molar-refractivity contribution in [3.8, 4) is 0 Å². The molecule has 0 radical (unpaired) electrons. The van der Waals surface area contributed by atoms with Crippen LogP contribution in [-0.2, 0) is 20.7 Å². The predicted octanol–water partition coefficient (Wildman–Crippen LogP) is 0.360. The summed E-state index contributed by atoms with van der Waals surface area (Å²) in [7, 11) is 1.18. The third-order valence-corrected chi connectivity index (χ3v) is 2.99. The molecule has 1 atom stereocenters. The molecule has 20 heavy (non-hydrogen) atoms. The Hall–Kier alpha value is -2.34. The Morgan fingerprint density at radius 2 is 2.15 bits per heavy atom. The molecule has 0 saturated carbocycles. The number of rotatable bonds is 5. The highest BCUT2D eigenvalue weighted by molar-refractivity contribution is 5.89. The molecule has 0 fully saturated rings. The molecule has 1 aromatic heterocycles. The fourth-order valence-corrected chi connectivity index (χ4v) is 1.94. The molecule has 0 bridgehead atoms. The van der Waals surface area contributed by atoms with Gasteiger partial charge in [0.25, 0.3) is 0 Å². The third kappa shape index (κ3) is 3.16. The molecule has 1 unspecified atom stereocenters. The molecule has 3 N–H and O–H groups in total. The second-order valence-corrected chi connectivity index (χ2v) is 4.38. The first kappa shape index (κ1) is 14.1. The van der Waals surface area contributed by atoms with Crippen LogP contribution >= 0.6 is 0 Å². The Balaban J connectivity index is 1.93. The number of carbonyl (C=O) groups is 2. The largest absolute Gasteiger partial charge is 0.467 e. The smallest absolute Gasteiger partial charge is 0.336 e. The fourth-order valence-electron chi connectivity index (χ4n) is 1.94. The maximum atomic E-state index is 11.8. The zero-order valence-corrected chi connectivity index (χ0v) is 11.1. The van der Waals surface area contributed by atoms with Crippen molar-refractivity contribution in [1.29, 1.82) is 0 Å². The Bertz CT molecular complexity index is 620. The first-order chi connectivity index (χ1) is 9.61. The van der Waals surface area contributed by atoms with Crippen molar-refractivity contribution in [1.82, 2.24) is 10.3 Å². The molecule has 2 aromatic rings. The van der Waals surface area contributed by atoms with Gasteiger partial charge in [-0.25, -0.2) is 4.79 Å². The normalized spacial score (nSPS) is 12.1. The van der Waals surface area contributed by atoms with Crippen molar-refractivity contribution in [2.45, 2.75) is 12.5 Å². The number of aromatic nitrogens is 1. The predicted molar refractivity (Wildman–Crippen MR) is 73.0 cm³/mol. The Kier molecular flexibility index (Phi) is 4.37. The van der Waals surface area contributed by atoms with Crippen LogP contribution in [0.15, 0.2) is 30.5 Å². The molecule has 1 amide bonds. The number of fused-ring (bicyclic) bond motifs is 1. The summed E-state index contributed by atoms with van der Waals surface area (Å²) in [4.78, 5) is 25.9. The van der Waals surface area contributed by atoms with Gasteiger partial charge in [0, 0.05) is 17.1 Å². The highest BCUT2D eigenvalue weighted by Gasteiger charge is 2.16. The molecule has 0 spiro atoms. The standard InChI is InChI=1S/C14H16N2O4/c1-20-14(19)12(17)8-16-13(18)6-9-7-15-11-5-3-2-4-10(9)11/h2-5,7,12,15,17H,6,8H2,1H3,(H,16,18). The van der Waals surface area contributed by atoms with Gasteiger partial charge in [0.05, 0.1) is 20.1 Å². The number of methoxy groups -OCH3 is 1. The van der Waals surface area contributed by atoms with Crippen molar-refractivity contribution in [2.75, 3.05) is 13.7 Å². The van der Waals surface area contributed by atoms with Gasteiger partial charge < -0.3 is 20.1 Å². The molecule has 0 saturated heterocycles. The van der Waals surface area contributed by atoms with Gasteiger partial charge >= 0.3 is 5.97 Å². The van der Waals surface area contributed by atoms with Gasteiger partial charge in [-0.3, -0.25) is 4.79 Å². The van der Waals surface area contributed by atoms with Crippen LogP contribution in [0.25, 0.3) is 10.9 Å². The molecule has 2 rings (SSSR count). The summed E-state index contributed by atoms with van der Waals surface area (Å²) in [5, 5.41) is 12.8. The Morgan fingerprint density at radius 1 is 1.40 bits per heavy atom. The number of aliphatic hydroxyl groups excluding tert-OH is 1. The Morgan fingerprint density at radius 3 is 2.90 bits per heavy atom. The van der Waals surface area contributed by atoms with Gasteiger partial charge in [0.2, 0.25) is 5.91 Å². The van der Waals surface area contributed by atoms with Crippen molar-refractivity contribution in [3.63, 3.8) is 0 Å². The first-order valence-electron chi connectivity index (χ1n) is 6.19. The summed E-state index contributed by atoms with van der Waals surface area (Å²) in [5.41, 5.74) is 1.83. The van der Waals surface area contributed by atoms with Crippen LogP contribution in [0.5, 0.6) is 0 Å². The van der Waals surface area contributed by atoms with E-state index < -0.39 is 12.1 Å². The lowest BCUT2D eigenvalue weighted by Crippen LogP contribution is -2.37. The summed E-state index contributed by atoms with van der Waals surface area (Å²) in [6, 6.07) is 7.67. The van der Waals surface area contributed by atoms with Gasteiger partial charge in [-0.15, -0.1) is 0 Å². The number of H-pyrrole nitrogens is 1. The first-order valence-corrected chi connectivity index (χ1v) is 6.19. The van der Waals surface area contributed by atoms with Crippen LogP contribution in [-0.4, -0.2) is 41.7 Å². The van der Waals surface area contributed by atoms with Crippen molar-refractivity contribution in [3.05, 3.63) is 36.0 Å². The average molecular weight is 276 g/mol. The van der Waals surface area contributed by atoms with Crippen molar-refractivity contribution < 1.29 is 19.4 Å². The van der Waals surface area contributed by atoms with E-state index in [1.54, 1.807) is 6.20 Å². The summed E-state index contributed by atoms with van der Waals surface area (Å²) in [6.07, 6.45) is 0.616. The van der Waals surface area contributed by atoms with Crippen LogP contribution in [0.1, 0.15) is 5.56 Å². The van der Waals surface area contributed by atoms with Crippen LogP contribution in [0.2, 0.25) is 0 Å². The number of nitrogens with one attached hydrogen (secondary N) is 2. The van der Waals surface area contributed by atoms with E-state index in [2.05, 4.69) is 15.0 Å². The number of para-hydroxylation sites is 1. The lowest BCUT2D eigenvalue weighted by atomic mass is 10.1. The van der Waals surface area contributed by atoms with Gasteiger partial charge in [-0.05, 0) is 11.6 Å². The van der Waals surface area contributed by atoms with Crippen molar-refractivity contribution >= 4 is 22.8 Å². The van der Waals surface area contributed by atoms with E-state index in [-0.39, 0.29) is 18.9 Å². The van der Waals surface area contributed by atoms with Gasteiger partial charge in [0.1, 0.15) is 0 Å². The van der Waals surface area contributed by atoms with E-state index >= 15 is 0 Å². The number of carbonyl (C=O) groups excluding carboxylic acids is 2. The minimum Gasteiger partial charge on any atom is -0.467 e. The topological polar surface area (TPSA) is 91.4 Å². The van der Waals surface area contributed by atoms with E-state index in [9.17, 15) is 14.7 Å². The summed E-state index contributed by atoms with van der Waals surface area (Å²) < 4.78 is 4.36. The summed E-state index contributed by atoms with van der Waals surface area (Å²) in [6.45, 7) is -0.159. The van der Waals surface area contributed by atoms with Gasteiger partial charge in [-0.2, -0.15) is 0 Å². The van der Waals surface area contributed by atoms with E-state index in [0.29, 0.717) is 0 Å². The molecule has 6 nitrogen and oxygen atoms in total. The highest BCUT2D eigenvalue weighted by Crippen LogP contribution is 2.17. The Labute approximate surface area is 115 Å². The quantitative estimate of drug-likeness (QED) is 0.688. The number of aliphatic hydroxyl groups is 1. The van der Waals surface area contributed by atoms with E-state index in [0.717, 1.165) is 16.5 Å². The minimum absolute atomic E-state index is 0.159. The monoisotopic (exact) mass is 276 g/mol. The zero-order valence-electron chi connectivity index (χ0n) is 11.1. The molecule has 1 aromatic carbocycles. The second kappa shape index (κ2) is 6.21. The number of hydrogen-bond donors (Lipinski definition) is 3. The average Bonchev–Trinajstić information content (AvgIpc) is 2.87. The molecule has 0 aliphatic rings. The lowest BCUT2D eigenvalue weighted by molar-refractivity contribution is -0.150. The van der Waals surface area contributed by atoms with E-state index in [4.69, 9.17) is 0 Å². The SMILES string of the molecule is COC(=O)C(O)CNC(=O)Cc1c[nH]c2ccccc12. The molecule has 0 aliphatic carbocycles. The maximum Gasteiger partial charge on any atom is 0.336 e. The lowest BCUT2D eigenvalue weighted by Gasteiger charge is -2.09. The zero-order chi connectivity index (χ0) is 14.5. The highest BCUT2D eigenvalue weighted by atomic mass is 16.5. The number of ether oxygens (including phenoxy) is 1. The number of hydrogen-bond acceptors (Lipinski definition) is 4. The molecule has 106 valence electrons. The van der Waals surface area contributed by atoms with Crippen LogP contribution in [0.3, 0.4) is 0 Å². The fraction of sp³-hybridized carbons (Fsp3) is 0.286. The van der Waals surface area contributed by atoms with Crippen LogP contribution in [0, 0.1) is 0 Å². The van der Waals surface area contributed by atoms with Crippen LogP contribution in [0.4, 0.5) is 0 Å².